The molecule has 0 aliphatic heterocycles. The van der Waals surface area contributed by atoms with Gasteiger partial charge in [0.15, 0.2) is 0 Å². The number of allylic oxidation sites excluding steroid dienone is 2. The molecule has 0 aromatic rings. The molecule has 0 amide bonds. The topological polar surface area (TPSA) is 0 Å². The van der Waals surface area contributed by atoms with Gasteiger partial charge >= 0.3 is 0 Å². The summed E-state index contributed by atoms with van der Waals surface area (Å²) < 4.78 is 0. The minimum Gasteiger partial charge on any atom is -0.0879 e. The molecule has 0 nitrogen and oxygen atoms in total. The van der Waals surface area contributed by atoms with Crippen molar-refractivity contribution in [3.05, 3.63) is 12.2 Å². The molecule has 3 aliphatic rings. The summed E-state index contributed by atoms with van der Waals surface area (Å²) in [5, 5.41) is 0. The molecule has 0 radical (unpaired) electrons. The molecule has 5 atom stereocenters. The Hall–Kier alpha value is -0.0431. The van der Waals surface area contributed by atoms with Gasteiger partial charge < -0.3 is 0 Å². The van der Waals surface area contributed by atoms with E-state index >= 15 is 0 Å². The van der Waals surface area contributed by atoms with Crippen molar-refractivity contribution >= 4 is 8.07 Å². The predicted molar refractivity (Wildman–Crippen MR) is 64.0 cm³/mol. The summed E-state index contributed by atoms with van der Waals surface area (Å²) in [7, 11) is -0.872. The first kappa shape index (κ1) is 9.20. The second-order valence-corrected chi connectivity index (χ2v) is 12.2. The largest absolute Gasteiger partial charge is 0.0879 e. The van der Waals surface area contributed by atoms with Gasteiger partial charge in [-0.25, -0.2) is 0 Å². The van der Waals surface area contributed by atoms with Crippen LogP contribution in [-0.2, 0) is 0 Å². The van der Waals surface area contributed by atoms with E-state index in [1.807, 2.05) is 0 Å². The maximum Gasteiger partial charge on any atom is 0.0476 e. The van der Waals surface area contributed by atoms with Gasteiger partial charge in [0.05, 0.1) is 0 Å². The third kappa shape index (κ3) is 1.11. The van der Waals surface area contributed by atoms with Crippen LogP contribution in [0, 0.1) is 23.7 Å². The third-order valence-electron chi connectivity index (χ3n) is 5.12. The Bertz CT molecular complexity index is 273. The number of hydrogen-bond acceptors (Lipinski definition) is 0. The summed E-state index contributed by atoms with van der Waals surface area (Å²) in [5.41, 5.74) is 1.14. The average molecular weight is 206 g/mol. The molecule has 2 fully saturated rings. The molecule has 3 rings (SSSR count). The lowest BCUT2D eigenvalue weighted by atomic mass is 9.81. The van der Waals surface area contributed by atoms with E-state index in [-0.39, 0.29) is 0 Å². The summed E-state index contributed by atoms with van der Waals surface area (Å²) in [6.45, 7) is 7.73. The lowest BCUT2D eigenvalue weighted by Gasteiger charge is -2.38. The molecular weight excluding hydrogens is 184 g/mol. The van der Waals surface area contributed by atoms with E-state index in [1.54, 1.807) is 12.8 Å². The molecule has 2 bridgehead atoms. The molecule has 0 heterocycles. The van der Waals surface area contributed by atoms with Crippen LogP contribution in [0.5, 0.6) is 0 Å². The van der Waals surface area contributed by atoms with Crippen LogP contribution in [0.1, 0.15) is 19.3 Å². The second-order valence-electron chi connectivity index (χ2n) is 6.77. The second kappa shape index (κ2) is 2.75. The predicted octanol–water partition coefficient (Wildman–Crippen LogP) is 3.93. The Morgan fingerprint density at radius 3 is 2.57 bits per heavy atom. The fourth-order valence-electron chi connectivity index (χ4n) is 4.54. The maximum atomic E-state index is 2.58. The molecule has 3 aliphatic carbocycles. The number of fused-ring (bicyclic) bond motifs is 5. The molecule has 0 aromatic carbocycles. The highest BCUT2D eigenvalue weighted by Crippen LogP contribution is 2.63. The molecule has 0 aromatic heterocycles. The smallest absolute Gasteiger partial charge is 0.0476 e. The van der Waals surface area contributed by atoms with E-state index in [1.165, 1.54) is 6.42 Å². The van der Waals surface area contributed by atoms with Crippen LogP contribution in [0.25, 0.3) is 0 Å². The fraction of sp³-hybridized carbons (Fsp3) is 0.846. The summed E-state index contributed by atoms with van der Waals surface area (Å²) in [4.78, 5) is 0. The van der Waals surface area contributed by atoms with Gasteiger partial charge in [0.2, 0.25) is 0 Å². The van der Waals surface area contributed by atoms with Gasteiger partial charge in [-0.2, -0.15) is 0 Å². The Morgan fingerprint density at radius 2 is 1.86 bits per heavy atom. The van der Waals surface area contributed by atoms with E-state index in [4.69, 9.17) is 0 Å². The van der Waals surface area contributed by atoms with E-state index in [2.05, 4.69) is 31.8 Å². The van der Waals surface area contributed by atoms with Crippen LogP contribution in [0.3, 0.4) is 0 Å². The number of rotatable bonds is 1. The first-order valence-corrected chi connectivity index (χ1v) is 9.82. The Kier molecular flexibility index (Phi) is 1.81. The van der Waals surface area contributed by atoms with Gasteiger partial charge in [-0.1, -0.05) is 31.8 Å². The molecule has 0 N–H and O–H groups in total. The highest BCUT2D eigenvalue weighted by atomic mass is 28.3. The minimum atomic E-state index is -0.872. The SMILES string of the molecule is C[Si](C)(C)C1CC2CC1C1C=CCC21. The molecule has 0 saturated heterocycles. The molecule has 2 saturated carbocycles. The Balaban J connectivity index is 1.86. The van der Waals surface area contributed by atoms with Crippen LogP contribution in [-0.4, -0.2) is 8.07 Å². The van der Waals surface area contributed by atoms with Gasteiger partial charge in [0.25, 0.3) is 0 Å². The first-order chi connectivity index (χ1) is 6.57. The van der Waals surface area contributed by atoms with Crippen molar-refractivity contribution in [1.82, 2.24) is 0 Å². The highest BCUT2D eigenvalue weighted by molar-refractivity contribution is 6.77. The van der Waals surface area contributed by atoms with Crippen molar-refractivity contribution in [2.45, 2.75) is 44.4 Å². The summed E-state index contributed by atoms with van der Waals surface area (Å²) in [6.07, 6.45) is 9.59. The van der Waals surface area contributed by atoms with Crippen LogP contribution in [0.4, 0.5) is 0 Å². The third-order valence-corrected chi connectivity index (χ3v) is 8.01. The van der Waals surface area contributed by atoms with Gasteiger partial charge in [-0.3, -0.25) is 0 Å². The van der Waals surface area contributed by atoms with Crippen molar-refractivity contribution in [1.29, 1.82) is 0 Å². The minimum absolute atomic E-state index is 0.872. The first-order valence-electron chi connectivity index (χ1n) is 6.24. The van der Waals surface area contributed by atoms with Crippen molar-refractivity contribution in [3.63, 3.8) is 0 Å². The van der Waals surface area contributed by atoms with E-state index in [0.717, 1.165) is 29.2 Å². The molecular formula is C13H22Si. The zero-order chi connectivity index (χ0) is 9.92. The zero-order valence-corrected chi connectivity index (χ0v) is 10.7. The lowest BCUT2D eigenvalue weighted by molar-refractivity contribution is 0.281. The highest BCUT2D eigenvalue weighted by Gasteiger charge is 2.55. The molecule has 14 heavy (non-hydrogen) atoms. The van der Waals surface area contributed by atoms with E-state index in [0.29, 0.717) is 0 Å². The van der Waals surface area contributed by atoms with Gasteiger partial charge in [-0.05, 0) is 48.5 Å². The van der Waals surface area contributed by atoms with E-state index in [9.17, 15) is 0 Å². The van der Waals surface area contributed by atoms with Crippen molar-refractivity contribution < 1.29 is 0 Å². The van der Waals surface area contributed by atoms with E-state index < -0.39 is 8.07 Å². The monoisotopic (exact) mass is 206 g/mol. The Morgan fingerprint density at radius 1 is 1.07 bits per heavy atom. The van der Waals surface area contributed by atoms with Crippen LogP contribution >= 0.6 is 0 Å². The Labute approximate surface area is 88.8 Å². The van der Waals surface area contributed by atoms with Crippen LogP contribution in [0.15, 0.2) is 12.2 Å². The van der Waals surface area contributed by atoms with Crippen molar-refractivity contribution in [2.75, 3.05) is 0 Å². The number of hydrogen-bond donors (Lipinski definition) is 0. The molecule has 1 heteroatoms. The summed E-state index contributed by atoms with van der Waals surface area (Å²) >= 11 is 0. The molecule has 5 unspecified atom stereocenters. The van der Waals surface area contributed by atoms with Crippen molar-refractivity contribution in [2.24, 2.45) is 23.7 Å². The summed E-state index contributed by atoms with van der Waals surface area (Å²) in [6, 6.07) is 0. The van der Waals surface area contributed by atoms with Crippen LogP contribution in [0.2, 0.25) is 25.2 Å². The average Bonchev–Trinajstić information content (AvgIpc) is 2.74. The molecule has 0 spiro atoms. The normalized spacial score (nSPS) is 50.1. The fourth-order valence-corrected chi connectivity index (χ4v) is 7.19. The standard InChI is InChI=1S/C13H22Si/c1-14(2,3)13-8-9-7-12(13)11-6-4-5-10(9)11/h4,6,9-13H,5,7-8H2,1-3H3. The van der Waals surface area contributed by atoms with Gasteiger partial charge in [0.1, 0.15) is 0 Å². The van der Waals surface area contributed by atoms with Gasteiger partial charge in [-0.15, -0.1) is 0 Å². The lowest BCUT2D eigenvalue weighted by Crippen LogP contribution is -2.36. The zero-order valence-electron chi connectivity index (χ0n) is 9.66. The quantitative estimate of drug-likeness (QED) is 0.450. The molecule has 78 valence electrons. The maximum absolute atomic E-state index is 2.58. The van der Waals surface area contributed by atoms with Crippen LogP contribution < -0.4 is 0 Å². The summed E-state index contributed by atoms with van der Waals surface area (Å²) in [5.74, 6) is 4.28. The van der Waals surface area contributed by atoms with Crippen molar-refractivity contribution in [3.8, 4) is 0 Å². The van der Waals surface area contributed by atoms with Gasteiger partial charge in [0, 0.05) is 8.07 Å².